The van der Waals surface area contributed by atoms with Crippen molar-refractivity contribution in [2.24, 2.45) is 5.92 Å². The summed E-state index contributed by atoms with van der Waals surface area (Å²) in [5.74, 6) is -0.137. The second-order valence-corrected chi connectivity index (χ2v) is 7.46. The second kappa shape index (κ2) is 6.66. The molecule has 9 nitrogen and oxygen atoms in total. The molecule has 1 aliphatic rings. The molecule has 6 rings (SSSR count). The van der Waals surface area contributed by atoms with Crippen LogP contribution < -0.4 is 5.32 Å². The molecule has 0 spiro atoms. The van der Waals surface area contributed by atoms with Gasteiger partial charge in [-0.05, 0) is 31.0 Å². The van der Waals surface area contributed by atoms with Gasteiger partial charge in [0, 0.05) is 23.9 Å². The third kappa shape index (κ3) is 3.00. The summed E-state index contributed by atoms with van der Waals surface area (Å²) < 4.78 is 15.6. The predicted molar refractivity (Wildman–Crippen MR) is 111 cm³/mol. The van der Waals surface area contributed by atoms with E-state index in [1.807, 2.05) is 6.07 Å². The number of carbonyl (C=O) groups excluding carboxylic acids is 1. The Hall–Kier alpha value is -4.21. The van der Waals surface area contributed by atoms with Gasteiger partial charge in [-0.2, -0.15) is 5.10 Å². The number of hydrogen-bond acceptors (Lipinski definition) is 6. The summed E-state index contributed by atoms with van der Waals surface area (Å²) in [5, 5.41) is 10.1. The molecule has 152 valence electrons. The summed E-state index contributed by atoms with van der Waals surface area (Å²) in [6, 6.07) is 5.25. The number of anilines is 1. The number of amides is 1. The molecule has 0 bridgehead atoms. The van der Waals surface area contributed by atoms with E-state index < -0.39 is 5.82 Å². The van der Waals surface area contributed by atoms with Gasteiger partial charge in [-0.25, -0.2) is 14.4 Å². The minimum Gasteiger partial charge on any atom is -0.324 e. The fraction of sp³-hybridized carbons (Fsp3) is 0.143. The molecule has 31 heavy (non-hydrogen) atoms. The van der Waals surface area contributed by atoms with Crippen molar-refractivity contribution in [1.29, 1.82) is 0 Å². The lowest BCUT2D eigenvalue weighted by Gasteiger charge is -2.07. The number of pyridine rings is 3. The molecule has 0 aromatic carbocycles. The normalized spacial score (nSPS) is 13.7. The lowest BCUT2D eigenvalue weighted by molar-refractivity contribution is -0.117. The molecule has 5 heterocycles. The van der Waals surface area contributed by atoms with Crippen molar-refractivity contribution in [3.63, 3.8) is 0 Å². The number of rotatable bonds is 4. The maximum absolute atomic E-state index is 15.6. The number of imidazole rings is 1. The maximum atomic E-state index is 15.6. The zero-order chi connectivity index (χ0) is 20.9. The molecule has 1 saturated carbocycles. The van der Waals surface area contributed by atoms with Crippen LogP contribution in [0.15, 0.2) is 43.0 Å². The Morgan fingerprint density at radius 2 is 2.06 bits per heavy atom. The van der Waals surface area contributed by atoms with E-state index in [0.717, 1.165) is 12.8 Å². The van der Waals surface area contributed by atoms with Gasteiger partial charge < -0.3 is 10.3 Å². The SMILES string of the molecule is O=C(Nc1cncc(-c2ncc3[nH]nc(-c4nc5cccnc5[nH]4)c3c2F)c1)C1CC1. The largest absolute Gasteiger partial charge is 0.324 e. The molecule has 0 radical (unpaired) electrons. The van der Waals surface area contributed by atoms with E-state index in [0.29, 0.717) is 39.4 Å². The minimum atomic E-state index is -0.554. The number of H-pyrrole nitrogens is 2. The fourth-order valence-corrected chi connectivity index (χ4v) is 3.53. The molecule has 0 atom stereocenters. The monoisotopic (exact) mass is 414 g/mol. The minimum absolute atomic E-state index is 0.0431. The van der Waals surface area contributed by atoms with Crippen molar-refractivity contribution in [2.75, 3.05) is 5.32 Å². The number of halogens is 1. The number of hydrogen-bond donors (Lipinski definition) is 3. The van der Waals surface area contributed by atoms with Crippen LogP contribution in [0, 0.1) is 11.7 Å². The van der Waals surface area contributed by atoms with Gasteiger partial charge in [0.25, 0.3) is 0 Å². The number of carbonyl (C=O) groups is 1. The topological polar surface area (TPSA) is 125 Å². The zero-order valence-electron chi connectivity index (χ0n) is 16.1. The Morgan fingerprint density at radius 3 is 2.90 bits per heavy atom. The van der Waals surface area contributed by atoms with Gasteiger partial charge in [0.15, 0.2) is 17.3 Å². The van der Waals surface area contributed by atoms with Crippen molar-refractivity contribution >= 4 is 33.7 Å². The quantitative estimate of drug-likeness (QED) is 0.414. The summed E-state index contributed by atoms with van der Waals surface area (Å²) in [6.45, 7) is 0. The van der Waals surface area contributed by atoms with Crippen molar-refractivity contribution < 1.29 is 9.18 Å². The summed E-state index contributed by atoms with van der Waals surface area (Å²) in [4.78, 5) is 32.2. The van der Waals surface area contributed by atoms with E-state index in [1.54, 1.807) is 18.3 Å². The molecule has 1 fully saturated rings. The number of aromatic nitrogens is 7. The molecule has 0 saturated heterocycles. The highest BCUT2D eigenvalue weighted by atomic mass is 19.1. The van der Waals surface area contributed by atoms with E-state index in [9.17, 15) is 4.79 Å². The first-order chi connectivity index (χ1) is 15.2. The van der Waals surface area contributed by atoms with Crippen LogP contribution in [0.3, 0.4) is 0 Å². The smallest absolute Gasteiger partial charge is 0.227 e. The highest BCUT2D eigenvalue weighted by Crippen LogP contribution is 2.33. The van der Waals surface area contributed by atoms with Crippen LogP contribution in [0.1, 0.15) is 12.8 Å². The Kier molecular flexibility index (Phi) is 3.79. The van der Waals surface area contributed by atoms with Gasteiger partial charge in [-0.1, -0.05) is 0 Å². The second-order valence-electron chi connectivity index (χ2n) is 7.46. The summed E-state index contributed by atoms with van der Waals surface area (Å²) in [7, 11) is 0. The van der Waals surface area contributed by atoms with Crippen molar-refractivity contribution in [1.82, 2.24) is 35.1 Å². The average Bonchev–Trinajstić information content (AvgIpc) is 3.40. The third-order valence-corrected chi connectivity index (χ3v) is 5.25. The average molecular weight is 414 g/mol. The van der Waals surface area contributed by atoms with Gasteiger partial charge in [-0.15, -0.1) is 0 Å². The van der Waals surface area contributed by atoms with Crippen LogP contribution >= 0.6 is 0 Å². The Morgan fingerprint density at radius 1 is 1.16 bits per heavy atom. The molecular weight excluding hydrogens is 399 g/mol. The highest BCUT2D eigenvalue weighted by Gasteiger charge is 2.29. The van der Waals surface area contributed by atoms with Gasteiger partial charge in [0.2, 0.25) is 5.91 Å². The number of aromatic amines is 2. The summed E-state index contributed by atoms with van der Waals surface area (Å²) >= 11 is 0. The molecule has 10 heteroatoms. The van der Waals surface area contributed by atoms with Crippen LogP contribution in [0.2, 0.25) is 0 Å². The first-order valence-corrected chi connectivity index (χ1v) is 9.77. The highest BCUT2D eigenvalue weighted by molar-refractivity contribution is 5.96. The number of nitrogens with zero attached hydrogens (tertiary/aromatic N) is 5. The number of fused-ring (bicyclic) bond motifs is 2. The van der Waals surface area contributed by atoms with Gasteiger partial charge >= 0.3 is 0 Å². The third-order valence-electron chi connectivity index (χ3n) is 5.25. The van der Waals surface area contributed by atoms with Crippen LogP contribution in [0.5, 0.6) is 0 Å². The molecule has 5 aromatic heterocycles. The van der Waals surface area contributed by atoms with E-state index in [4.69, 9.17) is 0 Å². The lowest BCUT2D eigenvalue weighted by Crippen LogP contribution is -2.13. The maximum Gasteiger partial charge on any atom is 0.227 e. The predicted octanol–water partition coefficient (Wildman–Crippen LogP) is 3.45. The Balaban J connectivity index is 1.44. The van der Waals surface area contributed by atoms with Gasteiger partial charge in [0.1, 0.15) is 16.9 Å². The molecule has 3 N–H and O–H groups in total. The first-order valence-electron chi connectivity index (χ1n) is 9.77. The molecular formula is C21H15FN8O. The van der Waals surface area contributed by atoms with E-state index in [-0.39, 0.29) is 22.9 Å². The van der Waals surface area contributed by atoms with Gasteiger partial charge in [-0.3, -0.25) is 19.9 Å². The van der Waals surface area contributed by atoms with E-state index in [2.05, 4.69) is 40.4 Å². The Bertz CT molecular complexity index is 1440. The lowest BCUT2D eigenvalue weighted by atomic mass is 10.1. The van der Waals surface area contributed by atoms with Crippen molar-refractivity contribution in [2.45, 2.75) is 12.8 Å². The zero-order valence-corrected chi connectivity index (χ0v) is 16.1. The van der Waals surface area contributed by atoms with Crippen LogP contribution in [-0.2, 0) is 4.79 Å². The van der Waals surface area contributed by atoms with Crippen molar-refractivity contribution in [3.8, 4) is 22.8 Å². The summed E-state index contributed by atoms with van der Waals surface area (Å²) in [6.07, 6.45) is 8.00. The first kappa shape index (κ1) is 17.6. The van der Waals surface area contributed by atoms with Crippen LogP contribution in [0.25, 0.3) is 44.8 Å². The van der Waals surface area contributed by atoms with Crippen LogP contribution in [-0.4, -0.2) is 41.0 Å². The molecule has 0 aliphatic heterocycles. The molecule has 1 aliphatic carbocycles. The van der Waals surface area contributed by atoms with Crippen molar-refractivity contribution in [3.05, 3.63) is 48.8 Å². The standard InChI is InChI=1S/C21H15FN8O/c22-16-15-14(29-30-18(15)20-27-13-2-1-5-24-19(13)28-20)9-25-17(16)11-6-12(8-23-7-11)26-21(31)10-3-4-10/h1-2,5-10H,3-4H2,(H,26,31)(H,29,30)(H,24,27,28). The molecule has 1 amide bonds. The number of nitrogens with one attached hydrogen (secondary N) is 3. The van der Waals surface area contributed by atoms with Gasteiger partial charge in [0.05, 0.1) is 29.0 Å². The molecule has 0 unspecified atom stereocenters. The molecule has 5 aromatic rings. The van der Waals surface area contributed by atoms with Crippen LogP contribution in [0.4, 0.5) is 10.1 Å². The Labute approximate surface area is 174 Å². The fourth-order valence-electron chi connectivity index (χ4n) is 3.53. The van der Waals surface area contributed by atoms with E-state index >= 15 is 4.39 Å². The summed E-state index contributed by atoms with van der Waals surface area (Å²) in [5.41, 5.74) is 3.09. The van der Waals surface area contributed by atoms with E-state index in [1.165, 1.54) is 18.6 Å².